The van der Waals surface area contributed by atoms with Crippen LogP contribution in [0.2, 0.25) is 0 Å². The molecule has 0 heterocycles. The standard InChI is InChI=1S/C14H21N/c1-3-9-15-14(4-2)13-10-11-7-5-6-8-12(11)13/h5-8,13-15H,3-4,9-10H2,1-2H3. The van der Waals surface area contributed by atoms with Gasteiger partial charge in [0.15, 0.2) is 0 Å². The molecule has 1 nitrogen and oxygen atoms in total. The summed E-state index contributed by atoms with van der Waals surface area (Å²) < 4.78 is 0. The van der Waals surface area contributed by atoms with Gasteiger partial charge in [0.25, 0.3) is 0 Å². The maximum absolute atomic E-state index is 3.66. The molecule has 0 amide bonds. The Hall–Kier alpha value is -0.820. The SMILES string of the molecule is CCCNC(CC)C1Cc2ccccc21. The van der Waals surface area contributed by atoms with Gasteiger partial charge in [0.1, 0.15) is 0 Å². The number of hydrogen-bond acceptors (Lipinski definition) is 1. The van der Waals surface area contributed by atoms with E-state index in [-0.39, 0.29) is 0 Å². The molecule has 82 valence electrons. The minimum Gasteiger partial charge on any atom is -0.313 e. The van der Waals surface area contributed by atoms with E-state index in [0.717, 1.165) is 12.5 Å². The molecule has 1 aromatic carbocycles. The van der Waals surface area contributed by atoms with Gasteiger partial charge in [0, 0.05) is 12.0 Å². The van der Waals surface area contributed by atoms with Crippen LogP contribution in [0.1, 0.15) is 43.7 Å². The fourth-order valence-electron chi connectivity index (χ4n) is 2.56. The maximum atomic E-state index is 3.66. The lowest BCUT2D eigenvalue weighted by Crippen LogP contribution is -2.39. The van der Waals surface area contributed by atoms with Crippen molar-refractivity contribution in [2.24, 2.45) is 0 Å². The first-order chi connectivity index (χ1) is 7.36. The minimum absolute atomic E-state index is 0.680. The lowest BCUT2D eigenvalue weighted by molar-refractivity contribution is 0.390. The van der Waals surface area contributed by atoms with E-state index in [1.807, 2.05) is 0 Å². The van der Waals surface area contributed by atoms with Crippen LogP contribution >= 0.6 is 0 Å². The lowest BCUT2D eigenvalue weighted by atomic mass is 9.73. The highest BCUT2D eigenvalue weighted by Gasteiger charge is 2.30. The first-order valence-electron chi connectivity index (χ1n) is 6.18. The topological polar surface area (TPSA) is 12.0 Å². The molecule has 0 bridgehead atoms. The van der Waals surface area contributed by atoms with Crippen molar-refractivity contribution in [3.8, 4) is 0 Å². The second kappa shape index (κ2) is 4.80. The average molecular weight is 203 g/mol. The van der Waals surface area contributed by atoms with Crippen molar-refractivity contribution in [1.29, 1.82) is 0 Å². The number of fused-ring (bicyclic) bond motifs is 1. The smallest absolute Gasteiger partial charge is 0.0136 e. The predicted molar refractivity (Wildman–Crippen MR) is 65.3 cm³/mol. The van der Waals surface area contributed by atoms with Crippen molar-refractivity contribution >= 4 is 0 Å². The molecule has 0 radical (unpaired) electrons. The molecule has 0 fully saturated rings. The maximum Gasteiger partial charge on any atom is 0.0136 e. The first kappa shape index (κ1) is 10.7. The van der Waals surface area contributed by atoms with Gasteiger partial charge in [-0.05, 0) is 36.9 Å². The zero-order valence-electron chi connectivity index (χ0n) is 9.79. The third kappa shape index (κ3) is 2.07. The summed E-state index contributed by atoms with van der Waals surface area (Å²) in [4.78, 5) is 0. The van der Waals surface area contributed by atoms with Gasteiger partial charge in [-0.1, -0.05) is 38.1 Å². The molecule has 1 aliphatic rings. The van der Waals surface area contributed by atoms with Gasteiger partial charge in [0.05, 0.1) is 0 Å². The fraction of sp³-hybridized carbons (Fsp3) is 0.571. The van der Waals surface area contributed by atoms with Crippen LogP contribution in [0.25, 0.3) is 0 Å². The summed E-state index contributed by atoms with van der Waals surface area (Å²) in [5, 5.41) is 3.66. The Balaban J connectivity index is 2.01. The third-order valence-electron chi connectivity index (χ3n) is 3.48. The molecule has 0 aliphatic heterocycles. The van der Waals surface area contributed by atoms with E-state index in [9.17, 15) is 0 Å². The van der Waals surface area contributed by atoms with Crippen LogP contribution in [0.15, 0.2) is 24.3 Å². The van der Waals surface area contributed by atoms with Crippen molar-refractivity contribution in [3.05, 3.63) is 35.4 Å². The number of benzene rings is 1. The monoisotopic (exact) mass is 203 g/mol. The zero-order valence-corrected chi connectivity index (χ0v) is 9.79. The summed E-state index contributed by atoms with van der Waals surface area (Å²) in [7, 11) is 0. The van der Waals surface area contributed by atoms with Gasteiger partial charge in [-0.25, -0.2) is 0 Å². The molecule has 0 saturated heterocycles. The Morgan fingerprint density at radius 3 is 2.80 bits per heavy atom. The molecule has 15 heavy (non-hydrogen) atoms. The molecule has 1 heteroatoms. The zero-order chi connectivity index (χ0) is 10.7. The predicted octanol–water partition coefficient (Wildman–Crippen LogP) is 3.10. The van der Waals surface area contributed by atoms with Crippen molar-refractivity contribution in [2.75, 3.05) is 6.54 Å². The van der Waals surface area contributed by atoms with E-state index in [1.54, 1.807) is 11.1 Å². The van der Waals surface area contributed by atoms with E-state index in [2.05, 4.69) is 43.4 Å². The van der Waals surface area contributed by atoms with Crippen molar-refractivity contribution in [1.82, 2.24) is 5.32 Å². The summed E-state index contributed by atoms with van der Waals surface area (Å²) >= 11 is 0. The molecule has 2 unspecified atom stereocenters. The number of hydrogen-bond donors (Lipinski definition) is 1. The van der Waals surface area contributed by atoms with Crippen molar-refractivity contribution in [3.63, 3.8) is 0 Å². The van der Waals surface area contributed by atoms with Crippen LogP contribution < -0.4 is 5.32 Å². The molecule has 1 N–H and O–H groups in total. The van der Waals surface area contributed by atoms with E-state index in [1.165, 1.54) is 19.3 Å². The molecular weight excluding hydrogens is 182 g/mol. The quantitative estimate of drug-likeness (QED) is 0.775. The summed E-state index contributed by atoms with van der Waals surface area (Å²) in [5.41, 5.74) is 3.13. The van der Waals surface area contributed by atoms with Crippen LogP contribution in [-0.2, 0) is 6.42 Å². The Morgan fingerprint density at radius 2 is 2.13 bits per heavy atom. The summed E-state index contributed by atoms with van der Waals surface area (Å²) in [5.74, 6) is 0.762. The third-order valence-corrected chi connectivity index (χ3v) is 3.48. The van der Waals surface area contributed by atoms with Gasteiger partial charge in [-0.3, -0.25) is 0 Å². The summed E-state index contributed by atoms with van der Waals surface area (Å²) in [6.45, 7) is 5.67. The molecule has 1 aliphatic carbocycles. The largest absolute Gasteiger partial charge is 0.313 e. The van der Waals surface area contributed by atoms with E-state index < -0.39 is 0 Å². The van der Waals surface area contributed by atoms with Gasteiger partial charge >= 0.3 is 0 Å². The second-order valence-electron chi connectivity index (χ2n) is 4.48. The van der Waals surface area contributed by atoms with Gasteiger partial charge in [0.2, 0.25) is 0 Å². The molecule has 0 saturated carbocycles. The average Bonchev–Trinajstić information content (AvgIpc) is 2.24. The van der Waals surface area contributed by atoms with Gasteiger partial charge in [-0.15, -0.1) is 0 Å². The van der Waals surface area contributed by atoms with Crippen molar-refractivity contribution < 1.29 is 0 Å². The molecule has 2 rings (SSSR count). The second-order valence-corrected chi connectivity index (χ2v) is 4.48. The number of rotatable bonds is 5. The van der Waals surface area contributed by atoms with Gasteiger partial charge in [-0.2, -0.15) is 0 Å². The van der Waals surface area contributed by atoms with Crippen LogP contribution in [0.5, 0.6) is 0 Å². The first-order valence-corrected chi connectivity index (χ1v) is 6.18. The van der Waals surface area contributed by atoms with Gasteiger partial charge < -0.3 is 5.32 Å². The van der Waals surface area contributed by atoms with E-state index >= 15 is 0 Å². The molecular formula is C14H21N. The Bertz CT molecular complexity index is 319. The molecule has 1 aromatic rings. The molecule has 0 spiro atoms. The summed E-state index contributed by atoms with van der Waals surface area (Å²) in [6.07, 6.45) is 3.73. The highest BCUT2D eigenvalue weighted by Crippen LogP contribution is 2.38. The van der Waals surface area contributed by atoms with Crippen molar-refractivity contribution in [2.45, 2.75) is 45.1 Å². The van der Waals surface area contributed by atoms with E-state index in [0.29, 0.717) is 6.04 Å². The Morgan fingerprint density at radius 1 is 1.33 bits per heavy atom. The normalized spacial score (nSPS) is 20.5. The highest BCUT2D eigenvalue weighted by molar-refractivity contribution is 5.41. The highest BCUT2D eigenvalue weighted by atomic mass is 14.9. The van der Waals surface area contributed by atoms with Crippen LogP contribution in [0.4, 0.5) is 0 Å². The fourth-order valence-corrected chi connectivity index (χ4v) is 2.56. The van der Waals surface area contributed by atoms with Crippen LogP contribution in [0, 0.1) is 0 Å². The lowest BCUT2D eigenvalue weighted by Gasteiger charge is -2.36. The summed E-state index contributed by atoms with van der Waals surface area (Å²) in [6, 6.07) is 9.55. The Kier molecular flexibility index (Phi) is 3.42. The number of nitrogens with one attached hydrogen (secondary N) is 1. The molecule has 2 atom stereocenters. The Labute approximate surface area is 92.9 Å². The van der Waals surface area contributed by atoms with Crippen LogP contribution in [0.3, 0.4) is 0 Å². The minimum atomic E-state index is 0.680. The van der Waals surface area contributed by atoms with Crippen LogP contribution in [-0.4, -0.2) is 12.6 Å². The van der Waals surface area contributed by atoms with E-state index in [4.69, 9.17) is 0 Å². The molecule has 0 aromatic heterocycles.